The summed E-state index contributed by atoms with van der Waals surface area (Å²) in [7, 11) is 0. The third-order valence-electron chi connectivity index (χ3n) is 5.23. The molecule has 0 aliphatic heterocycles. The summed E-state index contributed by atoms with van der Waals surface area (Å²) in [6.45, 7) is 6.07. The molecule has 0 heterocycles. The van der Waals surface area contributed by atoms with E-state index >= 15 is 0 Å². The highest BCUT2D eigenvalue weighted by Gasteiger charge is 2.11. The lowest BCUT2D eigenvalue weighted by molar-refractivity contribution is -0.145. The van der Waals surface area contributed by atoms with E-state index in [1.54, 1.807) is 36.4 Å². The molecule has 0 saturated carbocycles. The number of carbonyl (C=O) groups is 2. The predicted molar refractivity (Wildman–Crippen MR) is 128 cm³/mol. The standard InChI is InChI=1S/C28H30O5/c1-4-5-6-19-31-26-15-13-25(14-16-26)28(30)33-27-17-11-24(12-18-27)23-9-7-22(8-10-23)20(2)32-21(3)29/h7-18,20H,4-6,19H2,1-3H3. The monoisotopic (exact) mass is 446 g/mol. The minimum Gasteiger partial charge on any atom is -0.494 e. The van der Waals surface area contributed by atoms with Gasteiger partial charge in [0.2, 0.25) is 0 Å². The van der Waals surface area contributed by atoms with E-state index in [1.807, 2.05) is 43.3 Å². The zero-order valence-electron chi connectivity index (χ0n) is 19.4. The van der Waals surface area contributed by atoms with Crippen molar-refractivity contribution >= 4 is 11.9 Å². The van der Waals surface area contributed by atoms with E-state index in [9.17, 15) is 9.59 Å². The summed E-state index contributed by atoms with van der Waals surface area (Å²) < 4.78 is 16.4. The van der Waals surface area contributed by atoms with E-state index < -0.39 is 5.97 Å². The lowest BCUT2D eigenvalue weighted by Gasteiger charge is -2.13. The summed E-state index contributed by atoms with van der Waals surface area (Å²) in [5.41, 5.74) is 3.40. The summed E-state index contributed by atoms with van der Waals surface area (Å²) in [5.74, 6) is 0.511. The van der Waals surface area contributed by atoms with Crippen molar-refractivity contribution in [2.75, 3.05) is 6.61 Å². The van der Waals surface area contributed by atoms with Crippen LogP contribution in [0, 0.1) is 0 Å². The van der Waals surface area contributed by atoms with Crippen LogP contribution in [0.3, 0.4) is 0 Å². The Morgan fingerprint density at radius 3 is 1.94 bits per heavy atom. The molecule has 1 atom stereocenters. The van der Waals surface area contributed by atoms with Gasteiger partial charge in [-0.2, -0.15) is 0 Å². The Hall–Kier alpha value is -3.60. The van der Waals surface area contributed by atoms with Gasteiger partial charge in [0.05, 0.1) is 12.2 Å². The number of carbonyl (C=O) groups excluding carboxylic acids is 2. The van der Waals surface area contributed by atoms with Crippen molar-refractivity contribution < 1.29 is 23.8 Å². The van der Waals surface area contributed by atoms with Crippen LogP contribution in [0.15, 0.2) is 72.8 Å². The predicted octanol–water partition coefficient (Wildman–Crippen LogP) is 6.77. The molecule has 172 valence electrons. The smallest absolute Gasteiger partial charge is 0.343 e. The number of esters is 2. The van der Waals surface area contributed by atoms with E-state index in [-0.39, 0.29) is 12.1 Å². The number of rotatable bonds is 10. The highest BCUT2D eigenvalue weighted by Crippen LogP contribution is 2.26. The van der Waals surface area contributed by atoms with Crippen molar-refractivity contribution in [3.8, 4) is 22.6 Å². The molecule has 0 radical (unpaired) electrons. The van der Waals surface area contributed by atoms with Crippen LogP contribution in [0.4, 0.5) is 0 Å². The highest BCUT2D eigenvalue weighted by molar-refractivity contribution is 5.91. The fourth-order valence-corrected chi connectivity index (χ4v) is 3.37. The Morgan fingerprint density at radius 2 is 1.36 bits per heavy atom. The second-order valence-corrected chi connectivity index (χ2v) is 7.87. The molecule has 5 nitrogen and oxygen atoms in total. The number of hydrogen-bond donors (Lipinski definition) is 0. The van der Waals surface area contributed by atoms with E-state index in [2.05, 4.69) is 6.92 Å². The van der Waals surface area contributed by atoms with Gasteiger partial charge in [0.25, 0.3) is 0 Å². The molecule has 0 N–H and O–H groups in total. The molecule has 0 fully saturated rings. The first-order chi connectivity index (χ1) is 16.0. The minimum absolute atomic E-state index is 0.292. The lowest BCUT2D eigenvalue weighted by Crippen LogP contribution is -2.08. The van der Waals surface area contributed by atoms with Gasteiger partial charge in [0, 0.05) is 6.92 Å². The Labute approximate surface area is 195 Å². The summed E-state index contributed by atoms with van der Waals surface area (Å²) >= 11 is 0. The van der Waals surface area contributed by atoms with E-state index in [0.717, 1.165) is 41.7 Å². The third kappa shape index (κ3) is 7.21. The second kappa shape index (κ2) is 11.9. The molecule has 3 aromatic rings. The van der Waals surface area contributed by atoms with Crippen LogP contribution in [-0.2, 0) is 9.53 Å². The Morgan fingerprint density at radius 1 is 0.788 bits per heavy atom. The molecule has 1 unspecified atom stereocenters. The maximum absolute atomic E-state index is 12.5. The van der Waals surface area contributed by atoms with Gasteiger partial charge in [-0.05, 0) is 66.4 Å². The van der Waals surface area contributed by atoms with Crippen LogP contribution in [0.1, 0.15) is 62.1 Å². The number of hydrogen-bond acceptors (Lipinski definition) is 5. The normalized spacial score (nSPS) is 11.5. The van der Waals surface area contributed by atoms with Gasteiger partial charge in [0.1, 0.15) is 17.6 Å². The van der Waals surface area contributed by atoms with E-state index in [1.165, 1.54) is 6.92 Å². The minimum atomic E-state index is -0.413. The van der Waals surface area contributed by atoms with E-state index in [4.69, 9.17) is 14.2 Å². The highest BCUT2D eigenvalue weighted by atomic mass is 16.5. The van der Waals surface area contributed by atoms with Gasteiger partial charge in [-0.1, -0.05) is 56.2 Å². The molecule has 0 aromatic heterocycles. The third-order valence-corrected chi connectivity index (χ3v) is 5.23. The average Bonchev–Trinajstić information content (AvgIpc) is 2.82. The maximum Gasteiger partial charge on any atom is 0.343 e. The second-order valence-electron chi connectivity index (χ2n) is 7.87. The van der Waals surface area contributed by atoms with Crippen LogP contribution < -0.4 is 9.47 Å². The topological polar surface area (TPSA) is 61.8 Å². The van der Waals surface area contributed by atoms with Gasteiger partial charge in [-0.3, -0.25) is 4.79 Å². The van der Waals surface area contributed by atoms with Crippen LogP contribution in [-0.4, -0.2) is 18.5 Å². The van der Waals surface area contributed by atoms with Gasteiger partial charge in [0.15, 0.2) is 0 Å². The summed E-state index contributed by atoms with van der Waals surface area (Å²) in [6, 6.07) is 22.2. The summed E-state index contributed by atoms with van der Waals surface area (Å²) in [6.07, 6.45) is 3.02. The molecule has 0 aliphatic rings. The molecule has 0 bridgehead atoms. The van der Waals surface area contributed by atoms with Crippen LogP contribution >= 0.6 is 0 Å². The van der Waals surface area contributed by atoms with Crippen LogP contribution in [0.5, 0.6) is 11.5 Å². The maximum atomic E-state index is 12.5. The van der Waals surface area contributed by atoms with E-state index in [0.29, 0.717) is 17.9 Å². The van der Waals surface area contributed by atoms with Gasteiger partial charge in [-0.15, -0.1) is 0 Å². The molecular weight excluding hydrogens is 416 g/mol. The summed E-state index contributed by atoms with van der Waals surface area (Å²) in [4.78, 5) is 23.6. The van der Waals surface area contributed by atoms with Gasteiger partial charge < -0.3 is 14.2 Å². The Bertz CT molecular complexity index is 1040. The molecule has 0 saturated heterocycles. The van der Waals surface area contributed by atoms with Crippen molar-refractivity contribution in [1.29, 1.82) is 0 Å². The molecule has 0 aliphatic carbocycles. The van der Waals surface area contributed by atoms with Gasteiger partial charge >= 0.3 is 11.9 Å². The fraction of sp³-hybridized carbons (Fsp3) is 0.286. The molecule has 33 heavy (non-hydrogen) atoms. The zero-order valence-corrected chi connectivity index (χ0v) is 19.4. The molecule has 3 aromatic carbocycles. The Balaban J connectivity index is 1.57. The lowest BCUT2D eigenvalue weighted by atomic mass is 10.0. The van der Waals surface area contributed by atoms with Crippen molar-refractivity contribution in [1.82, 2.24) is 0 Å². The molecule has 0 spiro atoms. The van der Waals surface area contributed by atoms with Crippen LogP contribution in [0.2, 0.25) is 0 Å². The van der Waals surface area contributed by atoms with Crippen molar-refractivity contribution in [3.63, 3.8) is 0 Å². The first kappa shape index (κ1) is 24.1. The molecule has 3 rings (SSSR count). The fourth-order valence-electron chi connectivity index (χ4n) is 3.37. The van der Waals surface area contributed by atoms with Crippen molar-refractivity contribution in [3.05, 3.63) is 83.9 Å². The van der Waals surface area contributed by atoms with Crippen molar-refractivity contribution in [2.24, 2.45) is 0 Å². The van der Waals surface area contributed by atoms with Crippen molar-refractivity contribution in [2.45, 2.75) is 46.1 Å². The SMILES string of the molecule is CCCCCOc1ccc(C(=O)Oc2ccc(-c3ccc(C(C)OC(C)=O)cc3)cc2)cc1. The zero-order chi connectivity index (χ0) is 23.6. The molecule has 0 amide bonds. The number of ether oxygens (including phenoxy) is 3. The first-order valence-corrected chi connectivity index (χ1v) is 11.3. The average molecular weight is 447 g/mol. The molecule has 5 heteroatoms. The number of unbranched alkanes of at least 4 members (excludes halogenated alkanes) is 2. The molecular formula is C28H30O5. The quantitative estimate of drug-likeness (QED) is 0.195. The van der Waals surface area contributed by atoms with Crippen LogP contribution in [0.25, 0.3) is 11.1 Å². The first-order valence-electron chi connectivity index (χ1n) is 11.3. The largest absolute Gasteiger partial charge is 0.494 e. The van der Waals surface area contributed by atoms with Gasteiger partial charge in [-0.25, -0.2) is 4.79 Å². The number of benzene rings is 3. The summed E-state index contributed by atoms with van der Waals surface area (Å²) in [5, 5.41) is 0. The Kier molecular flexibility index (Phi) is 8.64.